The first-order chi connectivity index (χ1) is 5.66. The first kappa shape index (κ1) is 12.5. The molecule has 0 bridgehead atoms. The minimum atomic E-state index is -1.03. The number of aromatic nitrogens is 1. The molecule has 1 heterocycles. The third-order valence-corrected chi connectivity index (χ3v) is 1.91. The van der Waals surface area contributed by atoms with E-state index < -0.39 is 5.97 Å². The van der Waals surface area contributed by atoms with Crippen LogP contribution < -0.4 is 0 Å². The predicted octanol–water partition coefficient (Wildman–Crippen LogP) is 1.99. The maximum Gasteiger partial charge on any atom is 0.354 e. The molecular formula is C8H8ClNO2Zn. The van der Waals surface area contributed by atoms with E-state index in [0.29, 0.717) is 17.0 Å². The van der Waals surface area contributed by atoms with E-state index in [0.717, 1.165) is 0 Å². The Morgan fingerprint density at radius 1 is 1.69 bits per heavy atom. The first-order valence-electron chi connectivity index (χ1n) is 3.53. The van der Waals surface area contributed by atoms with Gasteiger partial charge in [-0.15, -0.1) is 0 Å². The van der Waals surface area contributed by atoms with Gasteiger partial charge in [-0.05, 0) is 12.5 Å². The van der Waals surface area contributed by atoms with Crippen molar-refractivity contribution in [2.45, 2.75) is 13.3 Å². The second-order valence-electron chi connectivity index (χ2n) is 2.28. The zero-order chi connectivity index (χ0) is 9.14. The first-order valence-corrected chi connectivity index (χ1v) is 3.91. The standard InChI is InChI=1S/C8H8ClNO2.Zn/c1-2-5-6(9)3-4-10-7(5)8(11)12;/h3-4H,2H2,1H3,(H,11,12);. The summed E-state index contributed by atoms with van der Waals surface area (Å²) in [5, 5.41) is 9.16. The van der Waals surface area contributed by atoms with Gasteiger partial charge in [-0.25, -0.2) is 9.78 Å². The fraction of sp³-hybridized carbons (Fsp3) is 0.250. The number of hydrogen-bond acceptors (Lipinski definition) is 2. The van der Waals surface area contributed by atoms with Crippen molar-refractivity contribution < 1.29 is 29.4 Å². The van der Waals surface area contributed by atoms with E-state index in [9.17, 15) is 4.79 Å². The van der Waals surface area contributed by atoms with Crippen LogP contribution >= 0.6 is 11.6 Å². The van der Waals surface area contributed by atoms with Crippen molar-refractivity contribution in [3.63, 3.8) is 0 Å². The van der Waals surface area contributed by atoms with Crippen molar-refractivity contribution in [1.82, 2.24) is 4.98 Å². The molecule has 0 amide bonds. The third kappa shape index (κ3) is 2.75. The van der Waals surface area contributed by atoms with Crippen molar-refractivity contribution >= 4 is 17.6 Å². The monoisotopic (exact) mass is 249 g/mol. The van der Waals surface area contributed by atoms with Gasteiger partial charge in [0.2, 0.25) is 0 Å². The summed E-state index contributed by atoms with van der Waals surface area (Å²) in [4.78, 5) is 14.3. The summed E-state index contributed by atoms with van der Waals surface area (Å²) in [7, 11) is 0. The van der Waals surface area contributed by atoms with E-state index in [1.54, 1.807) is 6.07 Å². The van der Waals surface area contributed by atoms with Crippen LogP contribution in [0.3, 0.4) is 0 Å². The van der Waals surface area contributed by atoms with Gasteiger partial charge in [-0.1, -0.05) is 18.5 Å². The smallest absolute Gasteiger partial charge is 0.354 e. The molecule has 0 aliphatic rings. The maximum absolute atomic E-state index is 10.6. The number of pyridine rings is 1. The molecule has 0 aromatic carbocycles. The molecular weight excluding hydrogens is 243 g/mol. The van der Waals surface area contributed by atoms with Crippen LogP contribution in [0.25, 0.3) is 0 Å². The average Bonchev–Trinajstić information content (AvgIpc) is 2.03. The number of hydrogen-bond donors (Lipinski definition) is 1. The molecule has 0 radical (unpaired) electrons. The second-order valence-corrected chi connectivity index (χ2v) is 2.69. The van der Waals surface area contributed by atoms with E-state index in [1.807, 2.05) is 6.92 Å². The summed E-state index contributed by atoms with van der Waals surface area (Å²) in [6, 6.07) is 1.59. The van der Waals surface area contributed by atoms with Crippen LogP contribution in [0.1, 0.15) is 23.0 Å². The van der Waals surface area contributed by atoms with Gasteiger partial charge < -0.3 is 5.11 Å². The summed E-state index contributed by atoms with van der Waals surface area (Å²) in [5.74, 6) is -1.03. The Bertz CT molecular complexity index is 317. The number of nitrogens with zero attached hydrogens (tertiary/aromatic N) is 1. The molecule has 1 aromatic rings. The Balaban J connectivity index is 0.00000144. The molecule has 1 rings (SSSR count). The average molecular weight is 251 g/mol. The number of aromatic carboxylic acids is 1. The van der Waals surface area contributed by atoms with Crippen molar-refractivity contribution in [1.29, 1.82) is 0 Å². The van der Waals surface area contributed by atoms with E-state index in [2.05, 4.69) is 4.98 Å². The molecule has 0 saturated heterocycles. The van der Waals surface area contributed by atoms with Gasteiger partial charge >= 0.3 is 5.97 Å². The molecule has 0 aliphatic heterocycles. The van der Waals surface area contributed by atoms with E-state index in [4.69, 9.17) is 16.7 Å². The zero-order valence-corrected chi connectivity index (χ0v) is 11.0. The molecule has 0 atom stereocenters. The molecule has 13 heavy (non-hydrogen) atoms. The van der Waals surface area contributed by atoms with Crippen LogP contribution in [0.5, 0.6) is 0 Å². The van der Waals surface area contributed by atoms with Crippen LogP contribution in [-0.4, -0.2) is 16.1 Å². The summed E-state index contributed by atoms with van der Waals surface area (Å²) >= 11 is 5.77. The van der Waals surface area contributed by atoms with E-state index in [1.165, 1.54) is 6.20 Å². The molecule has 0 saturated carbocycles. The SMILES string of the molecule is CCc1c(Cl)ccnc1C(=O)O.[Zn]. The summed E-state index contributed by atoms with van der Waals surface area (Å²) < 4.78 is 0. The Kier molecular flexibility index (Phi) is 5.11. The van der Waals surface area contributed by atoms with Crippen molar-refractivity contribution in [2.24, 2.45) is 0 Å². The van der Waals surface area contributed by atoms with Gasteiger partial charge in [0.05, 0.1) is 0 Å². The van der Waals surface area contributed by atoms with Gasteiger partial charge in [0.15, 0.2) is 5.69 Å². The number of carbonyl (C=O) groups is 1. The number of carboxylic acid groups (broad SMARTS) is 1. The molecule has 5 heteroatoms. The molecule has 1 aromatic heterocycles. The molecule has 3 nitrogen and oxygen atoms in total. The molecule has 0 aliphatic carbocycles. The molecule has 0 fully saturated rings. The minimum Gasteiger partial charge on any atom is -0.477 e. The fourth-order valence-electron chi connectivity index (χ4n) is 0.989. The number of halogens is 1. The number of carboxylic acids is 1. The van der Waals surface area contributed by atoms with E-state index >= 15 is 0 Å². The molecule has 0 unspecified atom stereocenters. The summed E-state index contributed by atoms with van der Waals surface area (Å²) in [5.41, 5.74) is 0.636. The van der Waals surface area contributed by atoms with Crippen molar-refractivity contribution in [2.75, 3.05) is 0 Å². The van der Waals surface area contributed by atoms with Crippen molar-refractivity contribution in [3.05, 3.63) is 28.5 Å². The molecule has 66 valence electrons. The van der Waals surface area contributed by atoms with Gasteiger partial charge in [0.25, 0.3) is 0 Å². The Hall–Kier alpha value is -0.467. The van der Waals surface area contributed by atoms with Gasteiger partial charge in [0, 0.05) is 36.3 Å². The van der Waals surface area contributed by atoms with Gasteiger partial charge in [-0.2, -0.15) is 0 Å². The van der Waals surface area contributed by atoms with E-state index in [-0.39, 0.29) is 25.2 Å². The Labute approximate surface area is 93.9 Å². The third-order valence-electron chi connectivity index (χ3n) is 1.55. The number of rotatable bonds is 2. The second kappa shape index (κ2) is 5.30. The van der Waals surface area contributed by atoms with Crippen LogP contribution in [0.2, 0.25) is 5.02 Å². The maximum atomic E-state index is 10.6. The fourth-order valence-corrected chi connectivity index (χ4v) is 1.27. The minimum absolute atomic E-state index is 0. The van der Waals surface area contributed by atoms with Crippen LogP contribution in [-0.2, 0) is 25.9 Å². The van der Waals surface area contributed by atoms with Crippen LogP contribution in [0.4, 0.5) is 0 Å². The van der Waals surface area contributed by atoms with Gasteiger partial charge in [-0.3, -0.25) is 0 Å². The Morgan fingerprint density at radius 2 is 2.31 bits per heavy atom. The van der Waals surface area contributed by atoms with Crippen LogP contribution in [0.15, 0.2) is 12.3 Å². The largest absolute Gasteiger partial charge is 0.477 e. The Morgan fingerprint density at radius 3 is 2.69 bits per heavy atom. The quantitative estimate of drug-likeness (QED) is 0.817. The molecule has 0 spiro atoms. The molecule has 1 N–H and O–H groups in total. The topological polar surface area (TPSA) is 50.2 Å². The zero-order valence-electron chi connectivity index (χ0n) is 7.25. The van der Waals surface area contributed by atoms with Crippen molar-refractivity contribution in [3.8, 4) is 0 Å². The summed E-state index contributed by atoms with van der Waals surface area (Å²) in [6.07, 6.45) is 1.97. The van der Waals surface area contributed by atoms with Crippen LogP contribution in [0, 0.1) is 0 Å². The normalized spacial score (nSPS) is 9.08. The summed E-state index contributed by atoms with van der Waals surface area (Å²) in [6.45, 7) is 1.84. The van der Waals surface area contributed by atoms with Gasteiger partial charge in [0.1, 0.15) is 0 Å². The predicted molar refractivity (Wildman–Crippen MR) is 45.6 cm³/mol.